The average Bonchev–Trinajstić information content (AvgIpc) is 3.24. The minimum Gasteiger partial charge on any atom is -0.507 e. The molecule has 0 radical (unpaired) electrons. The molecule has 180 valence electrons. The molecule has 2 aromatic heterocycles. The Morgan fingerprint density at radius 1 is 1.20 bits per heavy atom. The minimum atomic E-state index is -0.0800. The predicted octanol–water partition coefficient (Wildman–Crippen LogP) is 5.53. The lowest BCUT2D eigenvalue weighted by atomic mass is 9.98. The van der Waals surface area contributed by atoms with Gasteiger partial charge in [0.1, 0.15) is 11.6 Å². The number of halogens is 1. The molecule has 3 N–H and O–H groups in total. The molecule has 3 heterocycles. The number of piperidine rings is 1. The van der Waals surface area contributed by atoms with Crippen molar-refractivity contribution in [2.45, 2.75) is 19.8 Å². The first-order valence-corrected chi connectivity index (χ1v) is 12.5. The number of aromatic nitrogens is 3. The lowest BCUT2D eigenvalue weighted by Gasteiger charge is -2.33. The quantitative estimate of drug-likeness (QED) is 0.313. The molecule has 1 aliphatic heterocycles. The third kappa shape index (κ3) is 5.09. The Kier molecular flexibility index (Phi) is 6.59. The van der Waals surface area contributed by atoms with Gasteiger partial charge in [-0.05, 0) is 56.0 Å². The number of anilines is 2. The van der Waals surface area contributed by atoms with Crippen LogP contribution < -0.4 is 10.6 Å². The molecule has 1 atom stereocenters. The number of nitrogens with one attached hydrogen (secondary N) is 2. The lowest BCUT2D eigenvalue weighted by molar-refractivity contribution is 0.180. The Morgan fingerprint density at radius 2 is 2.06 bits per heavy atom. The van der Waals surface area contributed by atoms with E-state index >= 15 is 0 Å². The fraction of sp³-hybridized carbons (Fsp3) is 0.269. The highest BCUT2D eigenvalue weighted by atomic mass is 79.9. The van der Waals surface area contributed by atoms with E-state index < -0.39 is 0 Å². The number of urea groups is 1. The van der Waals surface area contributed by atoms with Gasteiger partial charge in [-0.2, -0.15) is 9.61 Å². The number of fused-ring (bicyclic) bond motifs is 1. The van der Waals surface area contributed by atoms with Crippen LogP contribution in [0, 0.1) is 12.8 Å². The van der Waals surface area contributed by atoms with Gasteiger partial charge in [-0.3, -0.25) is 0 Å². The molecule has 0 aliphatic carbocycles. The first kappa shape index (κ1) is 23.2. The van der Waals surface area contributed by atoms with Gasteiger partial charge in [0, 0.05) is 47.0 Å². The number of hydrogen-bond acceptors (Lipinski definition) is 5. The van der Waals surface area contributed by atoms with E-state index in [1.165, 1.54) is 0 Å². The van der Waals surface area contributed by atoms with Gasteiger partial charge in [-0.15, -0.1) is 0 Å². The Labute approximate surface area is 212 Å². The standard InChI is InChI=1S/C26H27BrN6O2/c1-17-14-29-33-24(13-22(31-25(17)33)21-9-2-3-10-23(21)34)28-15-18-6-5-11-32(16-18)26(35)30-20-8-4-7-19(27)12-20/h2-4,7-10,12-14,18,28,34H,5-6,11,15-16H2,1H3,(H,30,35). The van der Waals surface area contributed by atoms with Gasteiger partial charge in [0.05, 0.1) is 11.9 Å². The van der Waals surface area contributed by atoms with E-state index in [0.717, 1.165) is 46.6 Å². The fourth-order valence-electron chi connectivity index (χ4n) is 4.46. The molecular formula is C26H27BrN6O2. The van der Waals surface area contributed by atoms with Gasteiger partial charge in [0.15, 0.2) is 5.65 Å². The van der Waals surface area contributed by atoms with Gasteiger partial charge in [-0.1, -0.05) is 34.1 Å². The molecule has 0 bridgehead atoms. The zero-order chi connectivity index (χ0) is 24.4. The van der Waals surface area contributed by atoms with Crippen molar-refractivity contribution in [1.82, 2.24) is 19.5 Å². The first-order chi connectivity index (χ1) is 17.0. The summed E-state index contributed by atoms with van der Waals surface area (Å²) in [5.41, 5.74) is 3.83. The maximum absolute atomic E-state index is 12.8. The van der Waals surface area contributed by atoms with E-state index in [9.17, 15) is 9.90 Å². The third-order valence-electron chi connectivity index (χ3n) is 6.28. The van der Waals surface area contributed by atoms with Crippen LogP contribution in [0.1, 0.15) is 18.4 Å². The van der Waals surface area contributed by atoms with Crippen molar-refractivity contribution < 1.29 is 9.90 Å². The number of phenols is 1. The number of aryl methyl sites for hydroxylation is 1. The number of nitrogens with zero attached hydrogens (tertiary/aromatic N) is 4. The van der Waals surface area contributed by atoms with Crippen LogP contribution in [0.2, 0.25) is 0 Å². The van der Waals surface area contributed by atoms with Gasteiger partial charge >= 0.3 is 6.03 Å². The van der Waals surface area contributed by atoms with Crippen LogP contribution in [0.3, 0.4) is 0 Å². The van der Waals surface area contributed by atoms with Crippen molar-refractivity contribution in [2.75, 3.05) is 30.3 Å². The van der Waals surface area contributed by atoms with Crippen molar-refractivity contribution in [3.8, 4) is 17.0 Å². The van der Waals surface area contributed by atoms with Crippen molar-refractivity contribution in [3.05, 3.63) is 70.8 Å². The second-order valence-electron chi connectivity index (χ2n) is 8.88. The normalized spacial score (nSPS) is 15.8. The van der Waals surface area contributed by atoms with E-state index in [1.807, 2.05) is 54.3 Å². The monoisotopic (exact) mass is 534 g/mol. The van der Waals surface area contributed by atoms with E-state index in [1.54, 1.807) is 22.8 Å². The molecule has 2 aromatic carbocycles. The number of amides is 2. The lowest BCUT2D eigenvalue weighted by Crippen LogP contribution is -2.44. The van der Waals surface area contributed by atoms with Gasteiger partial charge < -0.3 is 20.6 Å². The van der Waals surface area contributed by atoms with E-state index in [2.05, 4.69) is 31.7 Å². The number of phenolic OH excluding ortho intramolecular Hbond substituents is 1. The number of aromatic hydroxyl groups is 1. The topological polar surface area (TPSA) is 94.8 Å². The van der Waals surface area contributed by atoms with E-state index in [-0.39, 0.29) is 11.8 Å². The summed E-state index contributed by atoms with van der Waals surface area (Å²) in [6.45, 7) is 4.08. The van der Waals surface area contributed by atoms with E-state index in [0.29, 0.717) is 30.3 Å². The molecule has 1 fully saturated rings. The summed E-state index contributed by atoms with van der Waals surface area (Å²) < 4.78 is 2.72. The number of hydrogen-bond donors (Lipinski definition) is 3. The van der Waals surface area contributed by atoms with Crippen LogP contribution in [0.4, 0.5) is 16.3 Å². The molecule has 2 amide bonds. The summed E-state index contributed by atoms with van der Waals surface area (Å²) in [6, 6.07) is 16.6. The summed E-state index contributed by atoms with van der Waals surface area (Å²) in [4.78, 5) is 19.5. The minimum absolute atomic E-state index is 0.0800. The van der Waals surface area contributed by atoms with Gasteiger partial charge in [0.2, 0.25) is 0 Å². The van der Waals surface area contributed by atoms with Crippen LogP contribution in [-0.2, 0) is 0 Å². The summed E-state index contributed by atoms with van der Waals surface area (Å²) in [6.07, 6.45) is 3.77. The van der Waals surface area contributed by atoms with Crippen LogP contribution >= 0.6 is 15.9 Å². The Hall–Kier alpha value is -3.59. The number of carbonyl (C=O) groups is 1. The Bertz CT molecular complexity index is 1370. The summed E-state index contributed by atoms with van der Waals surface area (Å²) in [5.74, 6) is 1.29. The number of rotatable bonds is 5. The van der Waals surface area contributed by atoms with Gasteiger partial charge in [0.25, 0.3) is 0 Å². The van der Waals surface area contributed by atoms with Crippen molar-refractivity contribution in [1.29, 1.82) is 0 Å². The molecule has 5 rings (SSSR count). The fourth-order valence-corrected chi connectivity index (χ4v) is 4.86. The highest BCUT2D eigenvalue weighted by Gasteiger charge is 2.24. The van der Waals surface area contributed by atoms with Crippen LogP contribution in [0.15, 0.2) is 65.3 Å². The zero-order valence-electron chi connectivity index (χ0n) is 19.4. The Balaban J connectivity index is 1.31. The van der Waals surface area contributed by atoms with Crippen molar-refractivity contribution in [3.63, 3.8) is 0 Å². The van der Waals surface area contributed by atoms with Crippen LogP contribution in [-0.4, -0.2) is 50.3 Å². The largest absolute Gasteiger partial charge is 0.507 e. The molecular weight excluding hydrogens is 508 g/mol. The molecule has 9 heteroatoms. The Morgan fingerprint density at radius 3 is 2.89 bits per heavy atom. The molecule has 1 unspecified atom stereocenters. The highest BCUT2D eigenvalue weighted by molar-refractivity contribution is 9.10. The number of carbonyl (C=O) groups excluding carboxylic acids is 1. The van der Waals surface area contributed by atoms with Gasteiger partial charge in [-0.25, -0.2) is 9.78 Å². The van der Waals surface area contributed by atoms with Crippen molar-refractivity contribution >= 4 is 39.1 Å². The third-order valence-corrected chi connectivity index (χ3v) is 6.78. The number of para-hydroxylation sites is 1. The van der Waals surface area contributed by atoms with Crippen LogP contribution in [0.5, 0.6) is 5.75 Å². The van der Waals surface area contributed by atoms with E-state index in [4.69, 9.17) is 4.98 Å². The highest BCUT2D eigenvalue weighted by Crippen LogP contribution is 2.30. The second-order valence-corrected chi connectivity index (χ2v) is 9.80. The maximum atomic E-state index is 12.8. The molecule has 8 nitrogen and oxygen atoms in total. The number of benzene rings is 2. The first-order valence-electron chi connectivity index (χ1n) is 11.7. The number of likely N-dealkylation sites (tertiary alicyclic amines) is 1. The summed E-state index contributed by atoms with van der Waals surface area (Å²) in [7, 11) is 0. The molecule has 1 saturated heterocycles. The summed E-state index contributed by atoms with van der Waals surface area (Å²) >= 11 is 3.44. The molecule has 35 heavy (non-hydrogen) atoms. The molecule has 0 spiro atoms. The molecule has 1 aliphatic rings. The maximum Gasteiger partial charge on any atom is 0.321 e. The average molecular weight is 535 g/mol. The van der Waals surface area contributed by atoms with Crippen molar-refractivity contribution in [2.24, 2.45) is 5.92 Å². The molecule has 0 saturated carbocycles. The van der Waals surface area contributed by atoms with Crippen LogP contribution in [0.25, 0.3) is 16.9 Å². The molecule has 4 aromatic rings. The zero-order valence-corrected chi connectivity index (χ0v) is 21.0. The summed E-state index contributed by atoms with van der Waals surface area (Å²) in [5, 5.41) is 21.4. The predicted molar refractivity (Wildman–Crippen MR) is 141 cm³/mol. The second kappa shape index (κ2) is 9.95. The SMILES string of the molecule is Cc1cnn2c(NCC3CCCN(C(=O)Nc4cccc(Br)c4)C3)cc(-c3ccccc3O)nc12. The smallest absolute Gasteiger partial charge is 0.321 e.